The highest BCUT2D eigenvalue weighted by Crippen LogP contribution is 2.18. The molecular weight excluding hydrogens is 233 g/mol. The topological polar surface area (TPSA) is 73.0 Å². The van der Waals surface area contributed by atoms with Crippen molar-refractivity contribution < 1.29 is 21.6 Å². The summed E-state index contributed by atoms with van der Waals surface area (Å²) in [6, 6.07) is 3.95. The molecule has 1 aromatic heterocycles. The van der Waals surface area contributed by atoms with Gasteiger partial charge in [0, 0.05) is 12.4 Å². The van der Waals surface area contributed by atoms with Crippen molar-refractivity contribution in [3.05, 3.63) is 30.1 Å². The molecule has 4 nitrogen and oxygen atoms in total. The fourth-order valence-corrected chi connectivity index (χ4v) is 0.448. The Morgan fingerprint density at radius 2 is 1.87 bits per heavy atom. The van der Waals surface area contributed by atoms with Crippen LogP contribution in [0.4, 0.5) is 13.2 Å². The van der Waals surface area contributed by atoms with Gasteiger partial charge in [-0.2, -0.15) is 13.2 Å². The van der Waals surface area contributed by atoms with Crippen molar-refractivity contribution in [1.82, 2.24) is 4.98 Å². The van der Waals surface area contributed by atoms with Gasteiger partial charge in [-0.15, -0.1) is 0 Å². The van der Waals surface area contributed by atoms with Crippen molar-refractivity contribution in [2.45, 2.75) is 12.4 Å². The standard InChI is InChI=1S/C6H7N.CH2F3NO2S/c1-6-3-2-4-7-5-6;2-1(3,4)8(5,6)7/h2-5H,1H3;(H2,5,6,7). The molecule has 0 saturated heterocycles. The summed E-state index contributed by atoms with van der Waals surface area (Å²) in [5, 5.41) is 3.66. The molecule has 1 aromatic rings. The molecule has 0 aromatic carbocycles. The van der Waals surface area contributed by atoms with Gasteiger partial charge in [0.25, 0.3) is 0 Å². The Morgan fingerprint density at radius 3 is 2.00 bits per heavy atom. The Labute approximate surface area is 85.0 Å². The third-order valence-corrected chi connectivity index (χ3v) is 1.78. The third kappa shape index (κ3) is 6.02. The van der Waals surface area contributed by atoms with E-state index in [1.807, 2.05) is 25.3 Å². The molecule has 1 heterocycles. The number of hydrogen-bond acceptors (Lipinski definition) is 3. The summed E-state index contributed by atoms with van der Waals surface area (Å²) < 4.78 is 51.2. The molecule has 0 unspecified atom stereocenters. The summed E-state index contributed by atoms with van der Waals surface area (Å²) in [6.45, 7) is 2.02. The second-order valence-electron chi connectivity index (χ2n) is 2.52. The first-order valence-electron chi connectivity index (χ1n) is 3.60. The number of aromatic nitrogens is 1. The van der Waals surface area contributed by atoms with Gasteiger partial charge in [-0.05, 0) is 18.6 Å². The van der Waals surface area contributed by atoms with Crippen LogP contribution in [0.5, 0.6) is 0 Å². The number of nitrogens with two attached hydrogens (primary N) is 1. The number of halogens is 3. The molecule has 0 atom stereocenters. The Hall–Kier alpha value is -1.15. The van der Waals surface area contributed by atoms with Crippen molar-refractivity contribution in [2.75, 3.05) is 0 Å². The maximum Gasteiger partial charge on any atom is 0.511 e. The molecule has 0 radical (unpaired) electrons. The zero-order valence-electron chi connectivity index (χ0n) is 7.69. The maximum absolute atomic E-state index is 10.8. The fraction of sp³-hybridized carbons (Fsp3) is 0.286. The van der Waals surface area contributed by atoms with E-state index in [4.69, 9.17) is 0 Å². The van der Waals surface area contributed by atoms with E-state index < -0.39 is 15.5 Å². The van der Waals surface area contributed by atoms with Gasteiger partial charge >= 0.3 is 15.5 Å². The average molecular weight is 242 g/mol. The lowest BCUT2D eigenvalue weighted by Crippen LogP contribution is -2.30. The van der Waals surface area contributed by atoms with Crippen molar-refractivity contribution in [3.63, 3.8) is 0 Å². The minimum Gasteiger partial charge on any atom is -0.264 e. The number of nitrogens with zero attached hydrogens (tertiary/aromatic N) is 1. The van der Waals surface area contributed by atoms with Gasteiger partial charge in [0.05, 0.1) is 0 Å². The Morgan fingerprint density at radius 1 is 1.40 bits per heavy atom. The number of hydrogen-bond donors (Lipinski definition) is 1. The molecule has 0 amide bonds. The zero-order chi connectivity index (χ0) is 12.1. The molecule has 0 bridgehead atoms. The normalized spacial score (nSPS) is 11.5. The van der Waals surface area contributed by atoms with E-state index in [-0.39, 0.29) is 0 Å². The van der Waals surface area contributed by atoms with Gasteiger partial charge in [0.1, 0.15) is 0 Å². The van der Waals surface area contributed by atoms with Gasteiger partial charge in [-0.3, -0.25) is 4.98 Å². The summed E-state index contributed by atoms with van der Waals surface area (Å²) in [7, 11) is -5.34. The van der Waals surface area contributed by atoms with Crippen LogP contribution >= 0.6 is 0 Å². The molecule has 0 aliphatic carbocycles. The fourth-order valence-electron chi connectivity index (χ4n) is 0.448. The lowest BCUT2D eigenvalue weighted by molar-refractivity contribution is -0.0436. The monoisotopic (exact) mass is 242 g/mol. The van der Waals surface area contributed by atoms with E-state index in [0.29, 0.717) is 0 Å². The smallest absolute Gasteiger partial charge is 0.264 e. The van der Waals surface area contributed by atoms with E-state index in [1.165, 1.54) is 5.56 Å². The minimum absolute atomic E-state index is 1.21. The van der Waals surface area contributed by atoms with Crippen LogP contribution in [0.2, 0.25) is 0 Å². The number of alkyl halides is 3. The first-order valence-corrected chi connectivity index (χ1v) is 5.15. The molecular formula is C7H9F3N2O2S. The first-order chi connectivity index (χ1) is 6.64. The molecule has 8 heteroatoms. The third-order valence-electron chi connectivity index (χ3n) is 1.13. The first kappa shape index (κ1) is 13.8. The summed E-state index contributed by atoms with van der Waals surface area (Å²) in [5.41, 5.74) is -4.10. The number of rotatable bonds is 0. The van der Waals surface area contributed by atoms with Crippen molar-refractivity contribution >= 4 is 10.0 Å². The van der Waals surface area contributed by atoms with Gasteiger partial charge in [-0.1, -0.05) is 6.07 Å². The van der Waals surface area contributed by atoms with E-state index >= 15 is 0 Å². The average Bonchev–Trinajstić information content (AvgIpc) is 2.02. The summed E-state index contributed by atoms with van der Waals surface area (Å²) in [4.78, 5) is 3.88. The quantitative estimate of drug-likeness (QED) is 0.742. The molecule has 15 heavy (non-hydrogen) atoms. The van der Waals surface area contributed by atoms with Crippen molar-refractivity contribution in [3.8, 4) is 0 Å². The number of pyridine rings is 1. The minimum atomic E-state index is -5.34. The Kier molecular flexibility index (Phi) is 4.69. The second-order valence-corrected chi connectivity index (χ2v) is 4.07. The van der Waals surface area contributed by atoms with Crippen LogP contribution in [-0.2, 0) is 10.0 Å². The molecule has 0 fully saturated rings. The van der Waals surface area contributed by atoms with Gasteiger partial charge in [0.15, 0.2) is 0 Å². The molecule has 2 N–H and O–H groups in total. The van der Waals surface area contributed by atoms with Gasteiger partial charge < -0.3 is 0 Å². The predicted molar refractivity (Wildman–Crippen MR) is 48.1 cm³/mol. The summed E-state index contributed by atoms with van der Waals surface area (Å²) in [6.07, 6.45) is 3.60. The largest absolute Gasteiger partial charge is 0.511 e. The van der Waals surface area contributed by atoms with Crippen LogP contribution in [0, 0.1) is 6.92 Å². The molecule has 0 aliphatic heterocycles. The van der Waals surface area contributed by atoms with E-state index in [1.54, 1.807) is 6.20 Å². The molecule has 0 spiro atoms. The Bertz CT molecular complexity index is 388. The van der Waals surface area contributed by atoms with Crippen molar-refractivity contribution in [1.29, 1.82) is 0 Å². The highest BCUT2D eigenvalue weighted by atomic mass is 32.2. The van der Waals surface area contributed by atoms with Gasteiger partial charge in [0.2, 0.25) is 0 Å². The molecule has 0 saturated carbocycles. The van der Waals surface area contributed by atoms with Crippen LogP contribution in [0.3, 0.4) is 0 Å². The van der Waals surface area contributed by atoms with Gasteiger partial charge in [-0.25, -0.2) is 13.6 Å². The number of sulfonamides is 1. The predicted octanol–water partition coefficient (Wildman–Crippen LogP) is 1.18. The van der Waals surface area contributed by atoms with Crippen LogP contribution < -0.4 is 5.14 Å². The van der Waals surface area contributed by atoms with Crippen LogP contribution in [0.1, 0.15) is 5.56 Å². The second kappa shape index (κ2) is 5.08. The van der Waals surface area contributed by atoms with E-state index in [2.05, 4.69) is 10.1 Å². The van der Waals surface area contributed by atoms with E-state index in [0.717, 1.165) is 0 Å². The SMILES string of the molecule is Cc1cccnc1.NS(=O)(=O)C(F)(F)F. The van der Waals surface area contributed by atoms with Crippen LogP contribution in [0.15, 0.2) is 24.5 Å². The van der Waals surface area contributed by atoms with Crippen LogP contribution in [0.25, 0.3) is 0 Å². The highest BCUT2D eigenvalue weighted by molar-refractivity contribution is 7.90. The van der Waals surface area contributed by atoms with E-state index in [9.17, 15) is 21.6 Å². The molecule has 86 valence electrons. The maximum atomic E-state index is 10.8. The van der Waals surface area contributed by atoms with Crippen LogP contribution in [-0.4, -0.2) is 18.9 Å². The molecule has 1 rings (SSSR count). The zero-order valence-corrected chi connectivity index (χ0v) is 8.51. The lowest BCUT2D eigenvalue weighted by Gasteiger charge is -1.98. The summed E-state index contributed by atoms with van der Waals surface area (Å²) >= 11 is 0. The molecule has 0 aliphatic rings. The summed E-state index contributed by atoms with van der Waals surface area (Å²) in [5.74, 6) is 0. The van der Waals surface area contributed by atoms with Crippen molar-refractivity contribution in [2.24, 2.45) is 5.14 Å². The highest BCUT2D eigenvalue weighted by Gasteiger charge is 2.42. The number of primary sulfonamides is 1. The lowest BCUT2D eigenvalue weighted by atomic mass is 10.3. The number of aryl methyl sites for hydroxylation is 1. The Balaban J connectivity index is 0.000000262.